The Labute approximate surface area is 150 Å². The van der Waals surface area contributed by atoms with E-state index in [4.69, 9.17) is 5.73 Å². The van der Waals surface area contributed by atoms with Crippen molar-refractivity contribution in [3.05, 3.63) is 35.4 Å². The van der Waals surface area contributed by atoms with Gasteiger partial charge in [-0.3, -0.25) is 9.59 Å². The topological polar surface area (TPSA) is 75.4 Å². The van der Waals surface area contributed by atoms with Crippen LogP contribution in [0.1, 0.15) is 60.9 Å². The monoisotopic (exact) mass is 343 g/mol. The minimum Gasteiger partial charge on any atom is -0.366 e. The molecule has 1 saturated heterocycles. The van der Waals surface area contributed by atoms with Gasteiger partial charge < -0.3 is 16.0 Å². The van der Waals surface area contributed by atoms with Crippen LogP contribution in [0.5, 0.6) is 0 Å². The molecule has 1 heterocycles. The lowest BCUT2D eigenvalue weighted by atomic mass is 9.87. The van der Waals surface area contributed by atoms with Crippen molar-refractivity contribution >= 4 is 11.8 Å². The van der Waals surface area contributed by atoms with Crippen LogP contribution in [0, 0.1) is 5.92 Å². The summed E-state index contributed by atoms with van der Waals surface area (Å²) in [6.07, 6.45) is 7.90. The maximum atomic E-state index is 12.6. The number of carbonyl (C=O) groups is 2. The molecule has 3 rings (SSSR count). The molecule has 0 unspecified atom stereocenters. The Bertz CT molecular complexity index is 585. The lowest BCUT2D eigenvalue weighted by Gasteiger charge is -2.35. The zero-order chi connectivity index (χ0) is 17.6. The standard InChI is InChI=1S/C20H29N3O2/c21-19(24)16-8-6-15(7-9-16)14-22-18-10-12-23(13-11-18)20(25)17-4-2-1-3-5-17/h6-9,17-18,22H,1-5,10-14H2,(H2,21,24). The minimum absolute atomic E-state index is 0.280. The molecule has 25 heavy (non-hydrogen) atoms. The van der Waals surface area contributed by atoms with Crippen molar-refractivity contribution in [2.75, 3.05) is 13.1 Å². The first-order chi connectivity index (χ1) is 12.1. The second-order valence-electron chi connectivity index (χ2n) is 7.38. The fourth-order valence-electron chi connectivity index (χ4n) is 3.96. The van der Waals surface area contributed by atoms with Crippen LogP contribution in [0.25, 0.3) is 0 Å². The van der Waals surface area contributed by atoms with Gasteiger partial charge in [0, 0.05) is 37.2 Å². The number of nitrogens with zero attached hydrogens (tertiary/aromatic N) is 1. The van der Waals surface area contributed by atoms with Gasteiger partial charge in [0.1, 0.15) is 0 Å². The molecule has 1 aliphatic heterocycles. The largest absolute Gasteiger partial charge is 0.366 e. The third-order valence-corrected chi connectivity index (χ3v) is 5.59. The highest BCUT2D eigenvalue weighted by Crippen LogP contribution is 2.26. The molecule has 5 nitrogen and oxygen atoms in total. The Morgan fingerprint density at radius 3 is 2.24 bits per heavy atom. The Morgan fingerprint density at radius 2 is 1.64 bits per heavy atom. The van der Waals surface area contributed by atoms with Crippen molar-refractivity contribution in [3.8, 4) is 0 Å². The molecule has 2 amide bonds. The number of hydrogen-bond acceptors (Lipinski definition) is 3. The van der Waals surface area contributed by atoms with Crippen molar-refractivity contribution in [1.29, 1.82) is 0 Å². The number of hydrogen-bond donors (Lipinski definition) is 2. The molecule has 3 N–H and O–H groups in total. The molecule has 1 aliphatic carbocycles. The van der Waals surface area contributed by atoms with Gasteiger partial charge in [-0.25, -0.2) is 0 Å². The van der Waals surface area contributed by atoms with E-state index < -0.39 is 5.91 Å². The number of carbonyl (C=O) groups excluding carboxylic acids is 2. The molecule has 1 saturated carbocycles. The first-order valence-corrected chi connectivity index (χ1v) is 9.54. The highest BCUT2D eigenvalue weighted by Gasteiger charge is 2.28. The first kappa shape index (κ1) is 17.9. The van der Waals surface area contributed by atoms with Gasteiger partial charge in [-0.2, -0.15) is 0 Å². The van der Waals surface area contributed by atoms with E-state index >= 15 is 0 Å². The number of amides is 2. The number of nitrogens with one attached hydrogen (secondary N) is 1. The van der Waals surface area contributed by atoms with Crippen molar-refractivity contribution in [3.63, 3.8) is 0 Å². The Hall–Kier alpha value is -1.88. The van der Waals surface area contributed by atoms with E-state index in [1.807, 2.05) is 12.1 Å². The van der Waals surface area contributed by atoms with Gasteiger partial charge in [-0.15, -0.1) is 0 Å². The lowest BCUT2D eigenvalue weighted by Crippen LogP contribution is -2.46. The van der Waals surface area contributed by atoms with Crippen LogP contribution in [0.4, 0.5) is 0 Å². The van der Waals surface area contributed by atoms with E-state index in [0.29, 0.717) is 17.5 Å². The average molecular weight is 343 g/mol. The van der Waals surface area contributed by atoms with Gasteiger partial charge in [0.15, 0.2) is 0 Å². The quantitative estimate of drug-likeness (QED) is 0.862. The first-order valence-electron chi connectivity index (χ1n) is 9.54. The summed E-state index contributed by atoms with van der Waals surface area (Å²) in [5, 5.41) is 3.57. The number of primary amides is 1. The van der Waals surface area contributed by atoms with Crippen LogP contribution in [-0.4, -0.2) is 35.8 Å². The lowest BCUT2D eigenvalue weighted by molar-refractivity contribution is -0.137. The Kier molecular flexibility index (Phi) is 6.08. The van der Waals surface area contributed by atoms with Gasteiger partial charge in [0.2, 0.25) is 11.8 Å². The summed E-state index contributed by atoms with van der Waals surface area (Å²) < 4.78 is 0. The molecule has 0 aromatic heterocycles. The normalized spacial score (nSPS) is 19.8. The van der Waals surface area contributed by atoms with Crippen LogP contribution < -0.4 is 11.1 Å². The fraction of sp³-hybridized carbons (Fsp3) is 0.600. The molecule has 0 radical (unpaired) electrons. The van der Waals surface area contributed by atoms with Gasteiger partial charge >= 0.3 is 0 Å². The predicted molar refractivity (Wildman–Crippen MR) is 98.0 cm³/mol. The van der Waals surface area contributed by atoms with E-state index in [0.717, 1.165) is 50.9 Å². The maximum absolute atomic E-state index is 12.6. The zero-order valence-corrected chi connectivity index (χ0v) is 14.9. The third-order valence-electron chi connectivity index (χ3n) is 5.59. The SMILES string of the molecule is NC(=O)c1ccc(CNC2CCN(C(=O)C3CCCCC3)CC2)cc1. The molecule has 1 aromatic rings. The van der Waals surface area contributed by atoms with Gasteiger partial charge in [0.05, 0.1) is 0 Å². The third kappa shape index (κ3) is 4.82. The summed E-state index contributed by atoms with van der Waals surface area (Å²) in [4.78, 5) is 25.8. The number of benzene rings is 1. The molecule has 0 bridgehead atoms. The van der Waals surface area contributed by atoms with Crippen molar-refractivity contribution in [2.24, 2.45) is 11.7 Å². The molecule has 0 atom stereocenters. The molecule has 5 heteroatoms. The van der Waals surface area contributed by atoms with Gasteiger partial charge in [0.25, 0.3) is 0 Å². The maximum Gasteiger partial charge on any atom is 0.248 e. The minimum atomic E-state index is -0.394. The predicted octanol–water partition coefficient (Wildman–Crippen LogP) is 2.45. The van der Waals surface area contributed by atoms with Crippen molar-refractivity contribution in [2.45, 2.75) is 57.5 Å². The molecular weight excluding hydrogens is 314 g/mol. The molecule has 0 spiro atoms. The summed E-state index contributed by atoms with van der Waals surface area (Å²) in [7, 11) is 0. The van der Waals surface area contributed by atoms with Crippen molar-refractivity contribution in [1.82, 2.24) is 10.2 Å². The molecule has 1 aromatic carbocycles. The van der Waals surface area contributed by atoms with Crippen molar-refractivity contribution < 1.29 is 9.59 Å². The smallest absolute Gasteiger partial charge is 0.248 e. The second-order valence-corrected chi connectivity index (χ2v) is 7.38. The van der Waals surface area contributed by atoms with Gasteiger partial charge in [-0.05, 0) is 43.4 Å². The molecular formula is C20H29N3O2. The van der Waals surface area contributed by atoms with Crippen LogP contribution in [0.2, 0.25) is 0 Å². The van der Waals surface area contributed by atoms with Gasteiger partial charge in [-0.1, -0.05) is 31.4 Å². The van der Waals surface area contributed by atoms with E-state index in [1.54, 1.807) is 12.1 Å². The highest BCUT2D eigenvalue weighted by molar-refractivity contribution is 5.92. The summed E-state index contributed by atoms with van der Waals surface area (Å²) in [6.45, 7) is 2.52. The van der Waals surface area contributed by atoms with E-state index in [2.05, 4.69) is 10.2 Å². The summed E-state index contributed by atoms with van der Waals surface area (Å²) >= 11 is 0. The molecule has 136 valence electrons. The van der Waals surface area contributed by atoms with Crippen LogP contribution >= 0.6 is 0 Å². The molecule has 2 aliphatic rings. The zero-order valence-electron chi connectivity index (χ0n) is 14.9. The van der Waals surface area contributed by atoms with Crippen LogP contribution in [-0.2, 0) is 11.3 Å². The average Bonchev–Trinajstić information content (AvgIpc) is 2.67. The number of likely N-dealkylation sites (tertiary alicyclic amines) is 1. The van der Waals surface area contributed by atoms with Crippen LogP contribution in [0.15, 0.2) is 24.3 Å². The molecule has 2 fully saturated rings. The summed E-state index contributed by atoms with van der Waals surface area (Å²) in [6, 6.07) is 7.87. The summed E-state index contributed by atoms with van der Waals surface area (Å²) in [5.41, 5.74) is 6.94. The Morgan fingerprint density at radius 1 is 1.00 bits per heavy atom. The van der Waals surface area contributed by atoms with E-state index in [9.17, 15) is 9.59 Å². The van der Waals surface area contributed by atoms with Crippen LogP contribution in [0.3, 0.4) is 0 Å². The summed E-state index contributed by atoms with van der Waals surface area (Å²) in [5.74, 6) is 0.275. The second kappa shape index (κ2) is 8.48. The highest BCUT2D eigenvalue weighted by atomic mass is 16.2. The number of nitrogens with two attached hydrogens (primary N) is 1. The number of rotatable bonds is 5. The van der Waals surface area contributed by atoms with E-state index in [-0.39, 0.29) is 5.92 Å². The number of piperidine rings is 1. The fourth-order valence-corrected chi connectivity index (χ4v) is 3.96. The Balaban J connectivity index is 1.41. The van der Waals surface area contributed by atoms with E-state index in [1.165, 1.54) is 19.3 Å².